The number of pyridine rings is 1. The summed E-state index contributed by atoms with van der Waals surface area (Å²) in [5, 5.41) is -1.01. The average Bonchev–Trinajstić information content (AvgIpc) is 2.01. The second-order valence-electron chi connectivity index (χ2n) is 1.23. The summed E-state index contributed by atoms with van der Waals surface area (Å²) in [5.41, 5.74) is -0.438. The second kappa shape index (κ2) is 2.60. The molecule has 1 aromatic rings. The van der Waals surface area contributed by atoms with E-state index in [1.54, 1.807) is 0 Å². The lowest BCUT2D eigenvalue weighted by molar-refractivity contribution is 0.108. The average molecular weight is 146 g/mol. The minimum Gasteiger partial charge on any atom is -0.276 e. The van der Waals surface area contributed by atoms with Crippen LogP contribution in [-0.4, -0.2) is 10.2 Å². The molecule has 0 radical (unpaired) electrons. The van der Waals surface area contributed by atoms with Gasteiger partial charge in [-0.05, 0) is 23.7 Å². The van der Waals surface area contributed by atoms with Crippen LogP contribution in [0.3, 0.4) is 0 Å². The first-order chi connectivity index (χ1) is 5.95. The summed E-state index contributed by atoms with van der Waals surface area (Å²) in [6.07, 6.45) is -1.05. The van der Waals surface area contributed by atoms with E-state index in [2.05, 4.69) is 4.98 Å². The molecule has 3 heteroatoms. The first-order valence-electron chi connectivity index (χ1n) is 4.09. The SMILES string of the molecule is [2H]c1nc([2H])c([2H])c(C(=O)Cl)c1[2H]. The predicted molar refractivity (Wildman–Crippen MR) is 34.4 cm³/mol. The van der Waals surface area contributed by atoms with Crippen LogP contribution in [0.15, 0.2) is 24.4 Å². The van der Waals surface area contributed by atoms with Crippen molar-refractivity contribution in [2.24, 2.45) is 0 Å². The van der Waals surface area contributed by atoms with Gasteiger partial charge in [-0.25, -0.2) is 0 Å². The Balaban J connectivity index is 3.56. The van der Waals surface area contributed by atoms with Crippen molar-refractivity contribution < 1.29 is 10.3 Å². The summed E-state index contributed by atoms with van der Waals surface area (Å²) in [6, 6.07) is -1.03. The maximum Gasteiger partial charge on any atom is 0.252 e. The van der Waals surface area contributed by atoms with Gasteiger partial charge in [0.05, 0.1) is 5.48 Å². The van der Waals surface area contributed by atoms with E-state index in [9.17, 15) is 4.79 Å². The molecule has 0 N–H and O–H groups in total. The van der Waals surface area contributed by atoms with Gasteiger partial charge >= 0.3 is 0 Å². The fourth-order valence-electron chi connectivity index (χ4n) is 0.325. The highest BCUT2D eigenvalue weighted by Crippen LogP contribution is 1.99. The van der Waals surface area contributed by atoms with Gasteiger partial charge in [-0.3, -0.25) is 9.78 Å². The van der Waals surface area contributed by atoms with Gasteiger partial charge in [-0.15, -0.1) is 0 Å². The van der Waals surface area contributed by atoms with Crippen molar-refractivity contribution in [3.8, 4) is 0 Å². The predicted octanol–water partition coefficient (Wildman–Crippen LogP) is 1.46. The Morgan fingerprint density at radius 2 is 2.22 bits per heavy atom. The number of hydrogen-bond acceptors (Lipinski definition) is 2. The molecule has 1 aromatic heterocycles. The number of halogens is 1. The highest BCUT2D eigenvalue weighted by molar-refractivity contribution is 6.67. The van der Waals surface area contributed by atoms with E-state index in [-0.39, 0.29) is 0 Å². The van der Waals surface area contributed by atoms with E-state index in [1.807, 2.05) is 0 Å². The fraction of sp³-hybridized carbons (Fsp3) is 0. The Hall–Kier alpha value is -0.890. The third-order valence-electron chi connectivity index (χ3n) is 0.670. The second-order valence-corrected chi connectivity index (χ2v) is 1.58. The Bertz CT molecular complexity index is 355. The van der Waals surface area contributed by atoms with E-state index in [4.69, 9.17) is 17.1 Å². The van der Waals surface area contributed by atoms with Crippen molar-refractivity contribution in [2.75, 3.05) is 0 Å². The summed E-state index contributed by atoms with van der Waals surface area (Å²) >= 11 is 5.08. The Labute approximate surface area is 63.1 Å². The highest BCUT2D eigenvalue weighted by Gasteiger charge is 1.96. The Kier molecular flexibility index (Phi) is 0.807. The lowest BCUT2D eigenvalue weighted by Gasteiger charge is -1.86. The van der Waals surface area contributed by atoms with Crippen molar-refractivity contribution in [3.05, 3.63) is 30.0 Å². The molecule has 9 heavy (non-hydrogen) atoms. The molecule has 0 aliphatic carbocycles. The minimum atomic E-state index is -1.01. The quantitative estimate of drug-likeness (QED) is 0.560. The molecular formula is C6H4ClNO. The number of hydrogen-bond donors (Lipinski definition) is 0. The molecule has 1 heterocycles. The van der Waals surface area contributed by atoms with Gasteiger partial charge in [-0.1, -0.05) is 0 Å². The summed E-state index contributed by atoms with van der Waals surface area (Å²) in [7, 11) is 0. The van der Waals surface area contributed by atoms with Gasteiger partial charge in [0, 0.05) is 17.9 Å². The smallest absolute Gasteiger partial charge is 0.252 e. The van der Waals surface area contributed by atoms with Crippen molar-refractivity contribution >= 4 is 16.8 Å². The van der Waals surface area contributed by atoms with Crippen LogP contribution in [0.2, 0.25) is 0 Å². The maximum absolute atomic E-state index is 10.7. The Morgan fingerprint density at radius 1 is 1.67 bits per heavy atom. The molecule has 0 aliphatic rings. The van der Waals surface area contributed by atoms with Crippen LogP contribution in [0, 0.1) is 0 Å². The van der Waals surface area contributed by atoms with E-state index >= 15 is 0 Å². The monoisotopic (exact) mass is 145 g/mol. The minimum absolute atomic E-state index is 0.438. The van der Waals surface area contributed by atoms with Gasteiger partial charge in [0.15, 0.2) is 0 Å². The van der Waals surface area contributed by atoms with Crippen LogP contribution in [0.5, 0.6) is 0 Å². The number of carbonyl (C=O) groups is 1. The van der Waals surface area contributed by atoms with Crippen LogP contribution < -0.4 is 0 Å². The number of nitrogens with zero attached hydrogens (tertiary/aromatic N) is 1. The molecule has 0 aliphatic heterocycles. The van der Waals surface area contributed by atoms with Crippen molar-refractivity contribution in [3.63, 3.8) is 0 Å². The van der Waals surface area contributed by atoms with Gasteiger partial charge in [-0.2, -0.15) is 0 Å². The van der Waals surface area contributed by atoms with Gasteiger partial charge in [0.25, 0.3) is 5.24 Å². The lowest BCUT2D eigenvalue weighted by atomic mass is 10.3. The molecule has 0 saturated carbocycles. The van der Waals surface area contributed by atoms with Crippen molar-refractivity contribution in [1.29, 1.82) is 0 Å². The summed E-state index contributed by atoms with van der Waals surface area (Å²) < 4.78 is 28.6. The molecule has 0 atom stereocenters. The topological polar surface area (TPSA) is 30.0 Å². The molecule has 0 spiro atoms. The van der Waals surface area contributed by atoms with Crippen LogP contribution >= 0.6 is 11.6 Å². The summed E-state index contributed by atoms with van der Waals surface area (Å²) in [5.74, 6) is 0. The molecule has 0 amide bonds. The van der Waals surface area contributed by atoms with Crippen molar-refractivity contribution in [1.82, 2.24) is 4.98 Å². The van der Waals surface area contributed by atoms with E-state index in [0.29, 0.717) is 0 Å². The van der Waals surface area contributed by atoms with Crippen LogP contribution in [0.4, 0.5) is 0 Å². The standard InChI is InChI=1S/C6H4ClNO/c7-6(9)5-1-3-8-4-2-5/h1-4H/i1D,2D,3D,4D. The van der Waals surface area contributed by atoms with Crippen LogP contribution in [0.25, 0.3) is 0 Å². The number of carbonyl (C=O) groups excluding carboxylic acids is 1. The fourth-order valence-corrected chi connectivity index (χ4v) is 0.420. The molecule has 1 rings (SSSR count). The van der Waals surface area contributed by atoms with E-state index < -0.39 is 35.2 Å². The largest absolute Gasteiger partial charge is 0.276 e. The Morgan fingerprint density at radius 3 is 2.67 bits per heavy atom. The normalized spacial score (nSPS) is 15.2. The summed E-state index contributed by atoms with van der Waals surface area (Å²) in [4.78, 5) is 14.0. The molecular weight excluding hydrogens is 138 g/mol. The molecule has 0 unspecified atom stereocenters. The maximum atomic E-state index is 10.7. The van der Waals surface area contributed by atoms with E-state index in [0.717, 1.165) is 0 Å². The first-order valence-corrected chi connectivity index (χ1v) is 2.47. The highest BCUT2D eigenvalue weighted by atomic mass is 35.5. The van der Waals surface area contributed by atoms with Gasteiger partial charge in [0.2, 0.25) is 0 Å². The zero-order valence-electron chi connectivity index (χ0n) is 8.23. The van der Waals surface area contributed by atoms with Crippen LogP contribution in [0.1, 0.15) is 15.8 Å². The van der Waals surface area contributed by atoms with Crippen LogP contribution in [-0.2, 0) is 0 Å². The molecule has 0 bridgehead atoms. The summed E-state index contributed by atoms with van der Waals surface area (Å²) in [6.45, 7) is 0. The zero-order valence-corrected chi connectivity index (χ0v) is 4.99. The number of aromatic nitrogens is 1. The molecule has 2 nitrogen and oxygen atoms in total. The van der Waals surface area contributed by atoms with Gasteiger partial charge in [0.1, 0.15) is 0 Å². The zero-order chi connectivity index (χ0) is 10.2. The van der Waals surface area contributed by atoms with Crippen molar-refractivity contribution in [2.45, 2.75) is 0 Å². The van der Waals surface area contributed by atoms with E-state index in [1.165, 1.54) is 0 Å². The molecule has 46 valence electrons. The number of rotatable bonds is 1. The third-order valence-corrected chi connectivity index (χ3v) is 0.859. The van der Waals surface area contributed by atoms with Gasteiger partial charge < -0.3 is 0 Å². The first kappa shape index (κ1) is 2.80. The lowest BCUT2D eigenvalue weighted by Crippen LogP contribution is -1.86. The third kappa shape index (κ3) is 1.50. The molecule has 0 saturated heterocycles. The molecule has 0 aromatic carbocycles. The molecule has 0 fully saturated rings.